The average molecular weight is 267 g/mol. The van der Waals surface area contributed by atoms with E-state index in [1.807, 2.05) is 39.8 Å². The van der Waals surface area contributed by atoms with Crippen LogP contribution in [0.2, 0.25) is 0 Å². The van der Waals surface area contributed by atoms with Gasteiger partial charge in [-0.25, -0.2) is 0 Å². The number of rotatable bonds is 7. The first-order chi connectivity index (χ1) is 8.84. The summed E-state index contributed by atoms with van der Waals surface area (Å²) in [5.41, 5.74) is 1.87. The molecule has 4 nitrogen and oxygen atoms in total. The average Bonchev–Trinajstić information content (AvgIpc) is 2.35. The molecule has 3 N–H and O–H groups in total. The van der Waals surface area contributed by atoms with Crippen molar-refractivity contribution >= 4 is 0 Å². The summed E-state index contributed by atoms with van der Waals surface area (Å²) < 4.78 is 5.60. The Morgan fingerprint density at radius 1 is 1.32 bits per heavy atom. The first-order valence-corrected chi connectivity index (χ1v) is 6.58. The number of benzene rings is 1. The first-order valence-electron chi connectivity index (χ1n) is 6.58. The second-order valence-electron chi connectivity index (χ2n) is 5.66. The van der Waals surface area contributed by atoms with Crippen molar-refractivity contribution in [3.05, 3.63) is 29.3 Å². The lowest BCUT2D eigenvalue weighted by Crippen LogP contribution is -2.47. The van der Waals surface area contributed by atoms with Crippen LogP contribution in [-0.4, -0.2) is 41.6 Å². The van der Waals surface area contributed by atoms with Gasteiger partial charge >= 0.3 is 0 Å². The number of hydrogen-bond donors (Lipinski definition) is 3. The molecule has 0 aliphatic carbocycles. The standard InChI is InChI=1S/C15H25NO3/c1-11-5-6-14(12(2)7-11)19-9-13(18)8-16-15(3,4)10-17/h5-7,13,16-18H,8-10H2,1-4H3. The minimum atomic E-state index is -0.605. The maximum absolute atomic E-state index is 9.85. The van der Waals surface area contributed by atoms with E-state index in [0.717, 1.165) is 11.3 Å². The van der Waals surface area contributed by atoms with E-state index in [1.165, 1.54) is 5.56 Å². The van der Waals surface area contributed by atoms with Crippen LogP contribution < -0.4 is 10.1 Å². The normalized spacial score (nSPS) is 13.4. The van der Waals surface area contributed by atoms with Crippen molar-refractivity contribution in [3.63, 3.8) is 0 Å². The minimum absolute atomic E-state index is 0.0254. The molecule has 1 aromatic carbocycles. The predicted octanol–water partition coefficient (Wildman–Crippen LogP) is 1.40. The number of aliphatic hydroxyl groups excluding tert-OH is 2. The third-order valence-corrected chi connectivity index (χ3v) is 2.97. The van der Waals surface area contributed by atoms with Gasteiger partial charge in [-0.15, -0.1) is 0 Å². The molecule has 0 bridgehead atoms. The van der Waals surface area contributed by atoms with E-state index in [2.05, 4.69) is 11.4 Å². The van der Waals surface area contributed by atoms with E-state index in [-0.39, 0.29) is 18.8 Å². The summed E-state index contributed by atoms with van der Waals surface area (Å²) in [4.78, 5) is 0. The van der Waals surface area contributed by atoms with Crippen LogP contribution in [0.15, 0.2) is 18.2 Å². The third kappa shape index (κ3) is 5.59. The highest BCUT2D eigenvalue weighted by atomic mass is 16.5. The highest BCUT2D eigenvalue weighted by Crippen LogP contribution is 2.18. The molecular formula is C15H25NO3. The van der Waals surface area contributed by atoms with Crippen LogP contribution in [0.1, 0.15) is 25.0 Å². The first kappa shape index (κ1) is 16.0. The van der Waals surface area contributed by atoms with Crippen molar-refractivity contribution < 1.29 is 14.9 Å². The van der Waals surface area contributed by atoms with Gasteiger partial charge in [-0.1, -0.05) is 17.7 Å². The second kappa shape index (κ2) is 6.89. The van der Waals surface area contributed by atoms with Crippen molar-refractivity contribution in [1.29, 1.82) is 0 Å². The molecule has 0 fully saturated rings. The number of hydrogen-bond acceptors (Lipinski definition) is 4. The van der Waals surface area contributed by atoms with Gasteiger partial charge in [0, 0.05) is 12.1 Å². The number of ether oxygens (including phenoxy) is 1. The number of nitrogens with one attached hydrogen (secondary N) is 1. The van der Waals surface area contributed by atoms with Gasteiger partial charge in [0.05, 0.1) is 6.61 Å². The molecule has 0 amide bonds. The molecule has 19 heavy (non-hydrogen) atoms. The van der Waals surface area contributed by atoms with Gasteiger partial charge < -0.3 is 20.3 Å². The van der Waals surface area contributed by atoms with Gasteiger partial charge in [-0.2, -0.15) is 0 Å². The van der Waals surface area contributed by atoms with Gasteiger partial charge in [0.15, 0.2) is 0 Å². The van der Waals surface area contributed by atoms with E-state index < -0.39 is 6.10 Å². The zero-order chi connectivity index (χ0) is 14.5. The van der Waals surface area contributed by atoms with E-state index in [9.17, 15) is 5.11 Å². The summed E-state index contributed by atoms with van der Waals surface area (Å²) in [7, 11) is 0. The smallest absolute Gasteiger partial charge is 0.122 e. The predicted molar refractivity (Wildman–Crippen MR) is 76.6 cm³/mol. The molecule has 0 saturated carbocycles. The molecule has 0 radical (unpaired) electrons. The quantitative estimate of drug-likeness (QED) is 0.699. The van der Waals surface area contributed by atoms with Gasteiger partial charge in [0.2, 0.25) is 0 Å². The molecule has 4 heteroatoms. The molecule has 1 atom stereocenters. The lowest BCUT2D eigenvalue weighted by molar-refractivity contribution is 0.0904. The largest absolute Gasteiger partial charge is 0.491 e. The fraction of sp³-hybridized carbons (Fsp3) is 0.600. The van der Waals surface area contributed by atoms with Gasteiger partial charge in [-0.3, -0.25) is 0 Å². The maximum Gasteiger partial charge on any atom is 0.122 e. The van der Waals surface area contributed by atoms with Crippen LogP contribution >= 0.6 is 0 Å². The van der Waals surface area contributed by atoms with Crippen LogP contribution in [0, 0.1) is 13.8 Å². The Balaban J connectivity index is 2.40. The zero-order valence-corrected chi connectivity index (χ0v) is 12.2. The Labute approximate surface area is 115 Å². The Kier molecular flexibility index (Phi) is 5.79. The molecule has 0 aliphatic rings. The lowest BCUT2D eigenvalue weighted by atomic mass is 10.1. The van der Waals surface area contributed by atoms with E-state index in [0.29, 0.717) is 6.54 Å². The Morgan fingerprint density at radius 3 is 2.58 bits per heavy atom. The Hall–Kier alpha value is -1.10. The second-order valence-corrected chi connectivity index (χ2v) is 5.66. The summed E-state index contributed by atoms with van der Waals surface area (Å²) in [5, 5.41) is 22.0. The zero-order valence-electron chi connectivity index (χ0n) is 12.2. The van der Waals surface area contributed by atoms with E-state index in [4.69, 9.17) is 9.84 Å². The highest BCUT2D eigenvalue weighted by Gasteiger charge is 2.17. The molecule has 0 aromatic heterocycles. The Morgan fingerprint density at radius 2 is 2.00 bits per heavy atom. The lowest BCUT2D eigenvalue weighted by Gasteiger charge is -2.25. The monoisotopic (exact) mass is 267 g/mol. The van der Waals surface area contributed by atoms with Crippen LogP contribution in [-0.2, 0) is 0 Å². The van der Waals surface area contributed by atoms with Crippen molar-refractivity contribution in [2.24, 2.45) is 0 Å². The van der Waals surface area contributed by atoms with Crippen molar-refractivity contribution in [2.75, 3.05) is 19.8 Å². The molecule has 0 spiro atoms. The molecule has 108 valence electrons. The fourth-order valence-electron chi connectivity index (χ4n) is 1.66. The minimum Gasteiger partial charge on any atom is -0.491 e. The van der Waals surface area contributed by atoms with Gasteiger partial charge in [0.1, 0.15) is 18.5 Å². The van der Waals surface area contributed by atoms with Gasteiger partial charge in [-0.05, 0) is 39.3 Å². The third-order valence-electron chi connectivity index (χ3n) is 2.97. The van der Waals surface area contributed by atoms with Crippen LogP contribution in [0.3, 0.4) is 0 Å². The SMILES string of the molecule is Cc1ccc(OCC(O)CNC(C)(C)CO)c(C)c1. The summed E-state index contributed by atoms with van der Waals surface area (Å²) in [6.07, 6.45) is -0.605. The van der Waals surface area contributed by atoms with Crippen molar-refractivity contribution in [3.8, 4) is 5.75 Å². The van der Waals surface area contributed by atoms with Crippen LogP contribution in [0.25, 0.3) is 0 Å². The number of aryl methyl sites for hydroxylation is 2. The van der Waals surface area contributed by atoms with Crippen LogP contribution in [0.5, 0.6) is 5.75 Å². The summed E-state index contributed by atoms with van der Waals surface area (Å²) in [6.45, 7) is 8.43. The molecule has 0 aliphatic heterocycles. The molecular weight excluding hydrogens is 242 g/mol. The molecule has 1 rings (SSSR count). The number of β-amino-alcohol motifs (C(OH)–C–C–N with tert-alkyl or cyclic N) is 1. The summed E-state index contributed by atoms with van der Waals surface area (Å²) in [6, 6.07) is 5.96. The molecule has 0 heterocycles. The Bertz CT molecular complexity index is 404. The maximum atomic E-state index is 9.85. The number of aliphatic hydroxyl groups is 2. The topological polar surface area (TPSA) is 61.7 Å². The van der Waals surface area contributed by atoms with Crippen LogP contribution in [0.4, 0.5) is 0 Å². The van der Waals surface area contributed by atoms with Crippen molar-refractivity contribution in [2.45, 2.75) is 39.3 Å². The fourth-order valence-corrected chi connectivity index (χ4v) is 1.66. The molecule has 1 aromatic rings. The molecule has 0 saturated heterocycles. The molecule has 1 unspecified atom stereocenters. The van der Waals surface area contributed by atoms with E-state index >= 15 is 0 Å². The highest BCUT2D eigenvalue weighted by molar-refractivity contribution is 5.35. The van der Waals surface area contributed by atoms with E-state index in [1.54, 1.807) is 0 Å². The van der Waals surface area contributed by atoms with Crippen molar-refractivity contribution in [1.82, 2.24) is 5.32 Å². The summed E-state index contributed by atoms with van der Waals surface area (Å²) >= 11 is 0. The van der Waals surface area contributed by atoms with Gasteiger partial charge in [0.25, 0.3) is 0 Å². The summed E-state index contributed by atoms with van der Waals surface area (Å²) in [5.74, 6) is 0.797.